The molecule has 1 aliphatic rings. The minimum atomic E-state index is 0.863. The van der Waals surface area contributed by atoms with E-state index in [1.54, 1.807) is 0 Å². The first-order chi connectivity index (χ1) is 8.65. The summed E-state index contributed by atoms with van der Waals surface area (Å²) in [7, 11) is 0. The Morgan fingerprint density at radius 1 is 1.44 bits per heavy atom. The molecule has 3 nitrogen and oxygen atoms in total. The van der Waals surface area contributed by atoms with Crippen molar-refractivity contribution in [2.45, 2.75) is 39.8 Å². The highest BCUT2D eigenvalue weighted by Gasteiger charge is 2.24. The van der Waals surface area contributed by atoms with Crippen molar-refractivity contribution in [3.05, 3.63) is 15.9 Å². The third-order valence-electron chi connectivity index (χ3n) is 3.71. The van der Waals surface area contributed by atoms with Crippen LogP contribution in [-0.4, -0.2) is 33.1 Å². The smallest absolute Gasteiger partial charge is 0.0739 e. The topological polar surface area (TPSA) is 21.1 Å². The van der Waals surface area contributed by atoms with Crippen molar-refractivity contribution in [3.8, 4) is 0 Å². The Bertz CT molecular complexity index is 403. The number of likely N-dealkylation sites (tertiary alicyclic amines) is 1. The maximum Gasteiger partial charge on any atom is 0.0739 e. The molecule has 1 saturated heterocycles. The Labute approximate surface area is 126 Å². The Hall–Kier alpha value is 0.130. The van der Waals surface area contributed by atoms with Crippen molar-refractivity contribution < 1.29 is 0 Å². The van der Waals surface area contributed by atoms with Crippen molar-refractivity contribution in [2.24, 2.45) is 5.92 Å². The van der Waals surface area contributed by atoms with Crippen LogP contribution in [0.3, 0.4) is 0 Å². The summed E-state index contributed by atoms with van der Waals surface area (Å²) in [5.41, 5.74) is 2.43. The normalized spacial score (nSPS) is 20.8. The second kappa shape index (κ2) is 6.53. The van der Waals surface area contributed by atoms with Gasteiger partial charge in [-0.3, -0.25) is 9.58 Å². The Morgan fingerprint density at radius 2 is 2.22 bits per heavy atom. The minimum absolute atomic E-state index is 0.863. The van der Waals surface area contributed by atoms with Crippen LogP contribution in [0.2, 0.25) is 0 Å². The quantitative estimate of drug-likeness (QED) is 0.730. The van der Waals surface area contributed by atoms with E-state index in [4.69, 9.17) is 0 Å². The van der Waals surface area contributed by atoms with Gasteiger partial charge in [0.15, 0.2) is 0 Å². The largest absolute Gasteiger partial charge is 0.297 e. The first-order valence-electron chi connectivity index (χ1n) is 6.65. The zero-order valence-corrected chi connectivity index (χ0v) is 14.3. The summed E-state index contributed by atoms with van der Waals surface area (Å²) < 4.78 is 3.31. The van der Waals surface area contributed by atoms with Crippen LogP contribution in [-0.2, 0) is 13.1 Å². The van der Waals surface area contributed by atoms with Crippen LogP contribution in [0.4, 0.5) is 0 Å². The average Bonchev–Trinajstić information content (AvgIpc) is 2.90. The number of halogens is 2. The van der Waals surface area contributed by atoms with Crippen LogP contribution >= 0.6 is 31.9 Å². The van der Waals surface area contributed by atoms with E-state index in [9.17, 15) is 0 Å². The van der Waals surface area contributed by atoms with E-state index in [1.165, 1.54) is 36.1 Å². The van der Waals surface area contributed by atoms with Crippen molar-refractivity contribution in [1.82, 2.24) is 14.7 Å². The van der Waals surface area contributed by atoms with Gasteiger partial charge in [0, 0.05) is 25.0 Å². The molecule has 1 atom stereocenters. The highest BCUT2D eigenvalue weighted by Crippen LogP contribution is 2.26. The Morgan fingerprint density at radius 3 is 2.89 bits per heavy atom. The van der Waals surface area contributed by atoms with Gasteiger partial charge in [-0.2, -0.15) is 5.10 Å². The van der Waals surface area contributed by atoms with Crippen LogP contribution in [0.5, 0.6) is 0 Å². The summed E-state index contributed by atoms with van der Waals surface area (Å²) in [4.78, 5) is 2.56. The molecular formula is C13H21Br2N3. The van der Waals surface area contributed by atoms with Gasteiger partial charge in [0.25, 0.3) is 0 Å². The number of aromatic nitrogens is 2. The molecule has 0 saturated carbocycles. The monoisotopic (exact) mass is 377 g/mol. The van der Waals surface area contributed by atoms with Crippen LogP contribution in [0.1, 0.15) is 31.2 Å². The summed E-state index contributed by atoms with van der Waals surface area (Å²) in [5.74, 6) is 0.863. The Kier molecular flexibility index (Phi) is 5.27. The van der Waals surface area contributed by atoms with Gasteiger partial charge in [0.05, 0.1) is 15.9 Å². The van der Waals surface area contributed by atoms with E-state index in [1.807, 2.05) is 0 Å². The highest BCUT2D eigenvalue weighted by atomic mass is 79.9. The fourth-order valence-electron chi connectivity index (χ4n) is 2.68. The molecule has 0 spiro atoms. The predicted octanol–water partition coefficient (Wildman–Crippen LogP) is 3.58. The molecule has 2 rings (SSSR count). The van der Waals surface area contributed by atoms with Crippen molar-refractivity contribution >= 4 is 31.9 Å². The lowest BCUT2D eigenvalue weighted by Crippen LogP contribution is -2.22. The fourth-order valence-corrected chi connectivity index (χ4v) is 3.74. The summed E-state index contributed by atoms with van der Waals surface area (Å²) >= 11 is 7.22. The summed E-state index contributed by atoms with van der Waals surface area (Å²) in [5, 5.41) is 5.69. The predicted molar refractivity (Wildman–Crippen MR) is 82.1 cm³/mol. The molecule has 1 aromatic rings. The molecule has 0 amide bonds. The summed E-state index contributed by atoms with van der Waals surface area (Å²) in [6, 6.07) is 0. The summed E-state index contributed by atoms with van der Waals surface area (Å²) in [6.45, 7) is 8.63. The fraction of sp³-hybridized carbons (Fsp3) is 0.769. The molecule has 1 fully saturated rings. The van der Waals surface area contributed by atoms with E-state index in [0.29, 0.717) is 0 Å². The van der Waals surface area contributed by atoms with E-state index in [-0.39, 0.29) is 0 Å². The molecule has 1 aromatic heterocycles. The van der Waals surface area contributed by atoms with Crippen LogP contribution in [0.25, 0.3) is 0 Å². The molecule has 18 heavy (non-hydrogen) atoms. The number of hydrogen-bond acceptors (Lipinski definition) is 2. The maximum absolute atomic E-state index is 4.56. The number of alkyl halides is 1. The molecule has 102 valence electrons. The second-order valence-corrected chi connectivity index (χ2v) is 6.62. The van der Waals surface area contributed by atoms with Crippen LogP contribution in [0.15, 0.2) is 4.47 Å². The van der Waals surface area contributed by atoms with Gasteiger partial charge in [-0.25, -0.2) is 0 Å². The minimum Gasteiger partial charge on any atom is -0.297 e. The van der Waals surface area contributed by atoms with E-state index >= 15 is 0 Å². The lowest BCUT2D eigenvalue weighted by molar-refractivity contribution is 0.304. The van der Waals surface area contributed by atoms with E-state index in [2.05, 4.69) is 60.4 Å². The summed E-state index contributed by atoms with van der Waals surface area (Å²) in [6.07, 6.45) is 2.63. The van der Waals surface area contributed by atoms with Crippen molar-refractivity contribution in [1.29, 1.82) is 0 Å². The zero-order valence-electron chi connectivity index (χ0n) is 11.1. The van der Waals surface area contributed by atoms with E-state index < -0.39 is 0 Å². The number of nitrogens with zero attached hydrogens (tertiary/aromatic N) is 3. The SMILES string of the molecule is CCn1nc(C)c(Br)c1CN1CCC(CCBr)C1. The van der Waals surface area contributed by atoms with Crippen molar-refractivity contribution in [3.63, 3.8) is 0 Å². The highest BCUT2D eigenvalue weighted by molar-refractivity contribution is 9.10. The first-order valence-corrected chi connectivity index (χ1v) is 8.57. The maximum atomic E-state index is 4.56. The molecular weight excluding hydrogens is 358 g/mol. The molecule has 2 heterocycles. The number of hydrogen-bond donors (Lipinski definition) is 0. The Balaban J connectivity index is 2.02. The number of aryl methyl sites for hydroxylation is 2. The number of rotatable bonds is 5. The van der Waals surface area contributed by atoms with Gasteiger partial charge in [0.1, 0.15) is 0 Å². The second-order valence-electron chi connectivity index (χ2n) is 5.03. The molecule has 0 radical (unpaired) electrons. The van der Waals surface area contributed by atoms with Crippen molar-refractivity contribution in [2.75, 3.05) is 18.4 Å². The van der Waals surface area contributed by atoms with Crippen LogP contribution in [0, 0.1) is 12.8 Å². The van der Waals surface area contributed by atoms with Gasteiger partial charge >= 0.3 is 0 Å². The molecule has 0 aliphatic carbocycles. The molecule has 0 aromatic carbocycles. The van der Waals surface area contributed by atoms with E-state index in [0.717, 1.165) is 30.0 Å². The standard InChI is InChI=1S/C13H21Br2N3/c1-3-18-12(13(15)10(2)16-18)9-17-7-5-11(8-17)4-6-14/h11H,3-9H2,1-2H3. The van der Waals surface area contributed by atoms with Crippen LogP contribution < -0.4 is 0 Å². The van der Waals surface area contributed by atoms with Gasteiger partial charge in [0.2, 0.25) is 0 Å². The van der Waals surface area contributed by atoms with Gasteiger partial charge < -0.3 is 0 Å². The zero-order chi connectivity index (χ0) is 13.1. The third kappa shape index (κ3) is 3.17. The molecule has 1 aliphatic heterocycles. The molecule has 5 heteroatoms. The lowest BCUT2D eigenvalue weighted by Gasteiger charge is -2.17. The lowest BCUT2D eigenvalue weighted by atomic mass is 10.1. The van der Waals surface area contributed by atoms with Gasteiger partial charge in [-0.15, -0.1) is 0 Å². The molecule has 0 bridgehead atoms. The molecule has 1 unspecified atom stereocenters. The average molecular weight is 379 g/mol. The molecule has 0 N–H and O–H groups in total. The van der Waals surface area contributed by atoms with Gasteiger partial charge in [-0.1, -0.05) is 15.9 Å². The third-order valence-corrected chi connectivity index (χ3v) is 5.20. The first kappa shape index (κ1) is 14.5. The van der Waals surface area contributed by atoms with Gasteiger partial charge in [-0.05, 0) is 55.1 Å².